The lowest BCUT2D eigenvalue weighted by Gasteiger charge is -2.38. The molecule has 6 nitrogen and oxygen atoms in total. The maximum absolute atomic E-state index is 12.7. The largest absolute Gasteiger partial charge is 0.448 e. The van der Waals surface area contributed by atoms with E-state index in [1.54, 1.807) is 6.92 Å². The predicted molar refractivity (Wildman–Crippen MR) is 72.1 cm³/mol. The van der Waals surface area contributed by atoms with Crippen molar-refractivity contribution < 1.29 is 22.4 Å². The number of aryl methyl sites for hydroxylation is 1. The number of oxazole rings is 1. The van der Waals surface area contributed by atoms with Crippen molar-refractivity contribution in [1.82, 2.24) is 20.1 Å². The molecule has 1 fully saturated rings. The predicted octanol–water partition coefficient (Wildman–Crippen LogP) is 1.76. The van der Waals surface area contributed by atoms with E-state index < -0.39 is 12.2 Å². The van der Waals surface area contributed by atoms with E-state index in [-0.39, 0.29) is 38.8 Å². The lowest BCUT2D eigenvalue weighted by atomic mass is 10.2. The molecule has 0 saturated carbocycles. The first-order valence-electron chi connectivity index (χ1n) is 7.01. The summed E-state index contributed by atoms with van der Waals surface area (Å²) >= 11 is 0. The Morgan fingerprint density at radius 1 is 1.41 bits per heavy atom. The zero-order valence-corrected chi connectivity index (χ0v) is 12.5. The molecule has 2 amide bonds. The SMILES string of the molecule is Cc1ocnc1CNC(=O)N1CCN(C(C)C(F)(F)F)CC1. The molecule has 1 aromatic heterocycles. The molecule has 1 aliphatic rings. The molecule has 22 heavy (non-hydrogen) atoms. The average molecular weight is 320 g/mol. The molecule has 0 spiro atoms. The molecule has 0 radical (unpaired) electrons. The molecule has 1 N–H and O–H groups in total. The molecule has 124 valence electrons. The number of aromatic nitrogens is 1. The van der Waals surface area contributed by atoms with E-state index in [0.29, 0.717) is 11.5 Å². The summed E-state index contributed by atoms with van der Waals surface area (Å²) in [5, 5.41) is 2.69. The van der Waals surface area contributed by atoms with Crippen molar-refractivity contribution >= 4 is 6.03 Å². The molecule has 0 aromatic carbocycles. The van der Waals surface area contributed by atoms with Crippen LogP contribution in [-0.4, -0.2) is 59.2 Å². The Morgan fingerprint density at radius 2 is 2.05 bits per heavy atom. The van der Waals surface area contributed by atoms with E-state index in [1.807, 2.05) is 0 Å². The molecule has 1 aliphatic heterocycles. The van der Waals surface area contributed by atoms with E-state index in [2.05, 4.69) is 10.3 Å². The van der Waals surface area contributed by atoms with Crippen LogP contribution >= 0.6 is 0 Å². The third-order valence-electron chi connectivity index (χ3n) is 3.87. The standard InChI is InChI=1S/C13H19F3N4O2/c1-9-11(18-8-22-9)7-17-12(21)20-5-3-19(4-6-20)10(2)13(14,15)16/h8,10H,3-7H2,1-2H3,(H,17,21). The Morgan fingerprint density at radius 3 is 2.55 bits per heavy atom. The van der Waals surface area contributed by atoms with Crippen molar-refractivity contribution in [2.45, 2.75) is 32.6 Å². The number of halogens is 3. The number of amides is 2. The number of nitrogens with zero attached hydrogens (tertiary/aromatic N) is 3. The maximum atomic E-state index is 12.7. The highest BCUT2D eigenvalue weighted by Crippen LogP contribution is 2.25. The summed E-state index contributed by atoms with van der Waals surface area (Å²) in [5.74, 6) is 0.629. The van der Waals surface area contributed by atoms with E-state index in [9.17, 15) is 18.0 Å². The molecule has 2 rings (SSSR count). The molecule has 0 bridgehead atoms. The van der Waals surface area contributed by atoms with Gasteiger partial charge in [0.05, 0.1) is 6.54 Å². The van der Waals surface area contributed by atoms with Crippen molar-refractivity contribution in [3.05, 3.63) is 17.8 Å². The normalized spacial score (nSPS) is 18.3. The highest BCUT2D eigenvalue weighted by Gasteiger charge is 2.41. The Balaban J connectivity index is 1.79. The number of carbonyl (C=O) groups is 1. The average Bonchev–Trinajstić information content (AvgIpc) is 2.88. The van der Waals surface area contributed by atoms with Gasteiger partial charge in [0.2, 0.25) is 0 Å². The summed E-state index contributed by atoms with van der Waals surface area (Å²) < 4.78 is 43.0. The van der Waals surface area contributed by atoms with Crippen molar-refractivity contribution in [1.29, 1.82) is 0 Å². The third-order valence-corrected chi connectivity index (χ3v) is 3.87. The molecule has 0 aliphatic carbocycles. The monoisotopic (exact) mass is 320 g/mol. The first-order valence-corrected chi connectivity index (χ1v) is 7.01. The topological polar surface area (TPSA) is 61.6 Å². The van der Waals surface area contributed by atoms with Crippen LogP contribution in [0.25, 0.3) is 0 Å². The van der Waals surface area contributed by atoms with Gasteiger partial charge < -0.3 is 14.6 Å². The minimum Gasteiger partial charge on any atom is -0.448 e. The number of hydrogen-bond donors (Lipinski definition) is 1. The highest BCUT2D eigenvalue weighted by molar-refractivity contribution is 5.74. The molecule has 1 saturated heterocycles. The Kier molecular flexibility index (Phi) is 4.94. The van der Waals surface area contributed by atoms with Crippen LogP contribution < -0.4 is 5.32 Å². The summed E-state index contributed by atoms with van der Waals surface area (Å²) in [4.78, 5) is 18.8. The van der Waals surface area contributed by atoms with Crippen LogP contribution in [0, 0.1) is 6.92 Å². The smallest absolute Gasteiger partial charge is 0.403 e. The first kappa shape index (κ1) is 16.6. The number of nitrogens with one attached hydrogen (secondary N) is 1. The second kappa shape index (κ2) is 6.55. The van der Waals surface area contributed by atoms with Crippen LogP contribution in [-0.2, 0) is 6.54 Å². The fourth-order valence-electron chi connectivity index (χ4n) is 2.29. The second-order valence-electron chi connectivity index (χ2n) is 5.25. The maximum Gasteiger partial charge on any atom is 0.403 e. The number of alkyl halides is 3. The van der Waals surface area contributed by atoms with E-state index in [4.69, 9.17) is 4.42 Å². The van der Waals surface area contributed by atoms with Crippen molar-refractivity contribution in [2.75, 3.05) is 26.2 Å². The molecule has 9 heteroatoms. The lowest BCUT2D eigenvalue weighted by molar-refractivity contribution is -0.181. The molecular weight excluding hydrogens is 301 g/mol. The van der Waals surface area contributed by atoms with Gasteiger partial charge in [-0.2, -0.15) is 13.2 Å². The Bertz CT molecular complexity index is 510. The fourth-order valence-corrected chi connectivity index (χ4v) is 2.29. The quantitative estimate of drug-likeness (QED) is 0.922. The van der Waals surface area contributed by atoms with Gasteiger partial charge in [0.25, 0.3) is 0 Å². The zero-order valence-electron chi connectivity index (χ0n) is 12.5. The van der Waals surface area contributed by atoms with Gasteiger partial charge in [-0.25, -0.2) is 9.78 Å². The lowest BCUT2D eigenvalue weighted by Crippen LogP contribution is -2.56. The fraction of sp³-hybridized carbons (Fsp3) is 0.692. The Labute approximate surface area is 126 Å². The minimum atomic E-state index is -4.24. The summed E-state index contributed by atoms with van der Waals surface area (Å²) in [7, 11) is 0. The van der Waals surface area contributed by atoms with Crippen LogP contribution in [0.4, 0.5) is 18.0 Å². The van der Waals surface area contributed by atoms with Gasteiger partial charge >= 0.3 is 12.2 Å². The third kappa shape index (κ3) is 3.90. The van der Waals surface area contributed by atoms with Gasteiger partial charge in [-0.3, -0.25) is 4.90 Å². The van der Waals surface area contributed by atoms with Gasteiger partial charge in [-0.05, 0) is 13.8 Å². The van der Waals surface area contributed by atoms with Crippen molar-refractivity contribution in [2.24, 2.45) is 0 Å². The van der Waals surface area contributed by atoms with Crippen LogP contribution in [0.5, 0.6) is 0 Å². The minimum absolute atomic E-state index is 0.205. The number of rotatable bonds is 3. The molecular formula is C13H19F3N4O2. The van der Waals surface area contributed by atoms with Gasteiger partial charge in [0.1, 0.15) is 17.5 Å². The highest BCUT2D eigenvalue weighted by atomic mass is 19.4. The zero-order chi connectivity index (χ0) is 16.3. The summed E-state index contributed by atoms with van der Waals surface area (Å²) in [6.45, 7) is 4.07. The van der Waals surface area contributed by atoms with Gasteiger partial charge in [0, 0.05) is 26.2 Å². The van der Waals surface area contributed by atoms with Crippen molar-refractivity contribution in [3.63, 3.8) is 0 Å². The first-order chi connectivity index (χ1) is 10.3. The Hall–Kier alpha value is -1.77. The van der Waals surface area contributed by atoms with Crippen LogP contribution in [0.2, 0.25) is 0 Å². The van der Waals surface area contributed by atoms with Crippen LogP contribution in [0.15, 0.2) is 10.8 Å². The van der Waals surface area contributed by atoms with Crippen LogP contribution in [0.3, 0.4) is 0 Å². The van der Waals surface area contributed by atoms with E-state index >= 15 is 0 Å². The summed E-state index contributed by atoms with van der Waals surface area (Å²) in [5.41, 5.74) is 0.637. The number of piperazine rings is 1. The second-order valence-corrected chi connectivity index (χ2v) is 5.25. The van der Waals surface area contributed by atoms with Gasteiger partial charge in [-0.1, -0.05) is 0 Å². The van der Waals surface area contributed by atoms with E-state index in [1.165, 1.54) is 16.2 Å². The van der Waals surface area contributed by atoms with Crippen LogP contribution in [0.1, 0.15) is 18.4 Å². The van der Waals surface area contributed by atoms with Crippen molar-refractivity contribution in [3.8, 4) is 0 Å². The number of hydrogen-bond acceptors (Lipinski definition) is 4. The van der Waals surface area contributed by atoms with Gasteiger partial charge in [0.15, 0.2) is 6.39 Å². The molecule has 1 aromatic rings. The number of urea groups is 1. The molecule has 1 unspecified atom stereocenters. The summed E-state index contributed by atoms with van der Waals surface area (Å²) in [6, 6.07) is -1.79. The van der Waals surface area contributed by atoms with E-state index in [0.717, 1.165) is 6.92 Å². The molecule has 2 heterocycles. The van der Waals surface area contributed by atoms with Gasteiger partial charge in [-0.15, -0.1) is 0 Å². The molecule has 1 atom stereocenters. The number of carbonyl (C=O) groups excluding carboxylic acids is 1. The summed E-state index contributed by atoms with van der Waals surface area (Å²) in [6.07, 6.45) is -2.94.